The van der Waals surface area contributed by atoms with Crippen molar-refractivity contribution in [2.45, 2.75) is 19.4 Å². The number of hydrogen-bond donors (Lipinski definition) is 3. The summed E-state index contributed by atoms with van der Waals surface area (Å²) in [5.41, 5.74) is -1.40. The van der Waals surface area contributed by atoms with Crippen molar-refractivity contribution < 1.29 is 34.2 Å². The summed E-state index contributed by atoms with van der Waals surface area (Å²) in [4.78, 5) is 58.2. The minimum atomic E-state index is -1.41. The highest BCUT2D eigenvalue weighted by molar-refractivity contribution is 6.06. The monoisotopic (exact) mass is 301 g/mol. The van der Waals surface area contributed by atoms with Crippen LogP contribution in [-0.2, 0) is 19.2 Å². The van der Waals surface area contributed by atoms with E-state index in [1.54, 1.807) is 0 Å². The van der Waals surface area contributed by atoms with Crippen LogP contribution in [0.1, 0.15) is 13.8 Å². The van der Waals surface area contributed by atoms with E-state index in [1.807, 2.05) is 0 Å². The number of carbonyl (C=O) groups is 5. The van der Waals surface area contributed by atoms with Crippen LogP contribution in [0.2, 0.25) is 0 Å². The molecule has 0 atom stereocenters. The van der Waals surface area contributed by atoms with Crippen LogP contribution < -0.4 is 5.32 Å². The molecule has 116 valence electrons. The number of amides is 4. The lowest BCUT2D eigenvalue weighted by molar-refractivity contribution is -0.143. The Hall–Kier alpha value is -2.65. The molecule has 1 heterocycles. The first-order chi connectivity index (χ1) is 9.55. The van der Waals surface area contributed by atoms with E-state index < -0.39 is 55.0 Å². The van der Waals surface area contributed by atoms with Crippen molar-refractivity contribution >= 4 is 29.8 Å². The Bertz CT molecular complexity index is 498. The smallest absolute Gasteiger partial charge is 0.323 e. The Morgan fingerprint density at radius 2 is 1.67 bits per heavy atom. The fourth-order valence-electron chi connectivity index (χ4n) is 1.78. The first-order valence-electron chi connectivity index (χ1n) is 5.90. The lowest BCUT2D eigenvalue weighted by Gasteiger charge is -2.41. The summed E-state index contributed by atoms with van der Waals surface area (Å²) < 4.78 is 0. The maximum absolute atomic E-state index is 12.3. The van der Waals surface area contributed by atoms with Gasteiger partial charge in [-0.05, 0) is 13.8 Å². The van der Waals surface area contributed by atoms with Crippen LogP contribution in [0.4, 0.5) is 4.79 Å². The normalized spacial score (nSPS) is 17.1. The average molecular weight is 301 g/mol. The van der Waals surface area contributed by atoms with Gasteiger partial charge in [0.05, 0.1) is 0 Å². The van der Waals surface area contributed by atoms with E-state index in [1.165, 1.54) is 13.8 Å². The largest absolute Gasteiger partial charge is 0.480 e. The molecule has 0 aromatic heterocycles. The van der Waals surface area contributed by atoms with E-state index >= 15 is 0 Å². The van der Waals surface area contributed by atoms with Crippen LogP contribution >= 0.6 is 0 Å². The molecule has 4 amide bonds. The molecular formula is C11H15N3O7. The van der Waals surface area contributed by atoms with Gasteiger partial charge in [0.2, 0.25) is 5.91 Å². The topological polar surface area (TPSA) is 144 Å². The summed E-state index contributed by atoms with van der Waals surface area (Å²) in [7, 11) is 0. The lowest BCUT2D eigenvalue weighted by Crippen LogP contribution is -2.67. The van der Waals surface area contributed by atoms with E-state index in [9.17, 15) is 24.0 Å². The van der Waals surface area contributed by atoms with Gasteiger partial charge < -0.3 is 20.0 Å². The van der Waals surface area contributed by atoms with Crippen molar-refractivity contribution in [2.24, 2.45) is 0 Å². The van der Waals surface area contributed by atoms with Crippen LogP contribution in [0.15, 0.2) is 0 Å². The molecule has 1 aliphatic heterocycles. The van der Waals surface area contributed by atoms with E-state index in [2.05, 4.69) is 5.32 Å². The highest BCUT2D eigenvalue weighted by atomic mass is 16.4. The quantitative estimate of drug-likeness (QED) is 0.525. The maximum atomic E-state index is 12.3. The highest BCUT2D eigenvalue weighted by Gasteiger charge is 2.45. The zero-order valence-corrected chi connectivity index (χ0v) is 11.5. The molecule has 0 aromatic rings. The Morgan fingerprint density at radius 1 is 1.19 bits per heavy atom. The van der Waals surface area contributed by atoms with Crippen molar-refractivity contribution in [2.75, 3.05) is 19.6 Å². The summed E-state index contributed by atoms with van der Waals surface area (Å²) in [6.45, 7) is 0.563. The van der Waals surface area contributed by atoms with Crippen molar-refractivity contribution in [3.63, 3.8) is 0 Å². The SMILES string of the molecule is CC1(C)C(=O)NC(=O)CN1C(=O)N(CC(=O)O)CC(=O)O. The second-order valence-corrected chi connectivity index (χ2v) is 4.95. The Labute approximate surface area is 119 Å². The number of carboxylic acid groups (broad SMARTS) is 2. The van der Waals surface area contributed by atoms with Gasteiger partial charge in [-0.25, -0.2) is 4.79 Å². The minimum Gasteiger partial charge on any atom is -0.480 e. The van der Waals surface area contributed by atoms with Crippen molar-refractivity contribution in [1.82, 2.24) is 15.1 Å². The molecule has 10 heteroatoms. The fraction of sp³-hybridized carbons (Fsp3) is 0.545. The minimum absolute atomic E-state index is 0.465. The third-order valence-electron chi connectivity index (χ3n) is 2.94. The number of nitrogens with zero attached hydrogens (tertiary/aromatic N) is 2. The van der Waals surface area contributed by atoms with Crippen LogP contribution in [0.3, 0.4) is 0 Å². The number of hydrogen-bond acceptors (Lipinski definition) is 5. The Kier molecular flexibility index (Phi) is 4.51. The second kappa shape index (κ2) is 5.77. The third-order valence-corrected chi connectivity index (χ3v) is 2.94. The van der Waals surface area contributed by atoms with E-state index in [-0.39, 0.29) is 0 Å². The van der Waals surface area contributed by atoms with Crippen LogP contribution in [0, 0.1) is 0 Å². The number of carboxylic acids is 2. The first kappa shape index (κ1) is 16.4. The molecule has 1 saturated heterocycles. The van der Waals surface area contributed by atoms with E-state index in [0.29, 0.717) is 4.90 Å². The summed E-state index contributed by atoms with van der Waals surface area (Å²) in [6, 6.07) is -1.01. The molecular weight excluding hydrogens is 286 g/mol. The Morgan fingerprint density at radius 3 is 2.10 bits per heavy atom. The van der Waals surface area contributed by atoms with Crippen LogP contribution in [0.25, 0.3) is 0 Å². The van der Waals surface area contributed by atoms with Crippen molar-refractivity contribution in [1.29, 1.82) is 0 Å². The van der Waals surface area contributed by atoms with Crippen LogP contribution in [-0.4, -0.2) is 75.0 Å². The fourth-order valence-corrected chi connectivity index (χ4v) is 1.78. The molecule has 0 bridgehead atoms. The molecule has 1 fully saturated rings. The molecule has 0 radical (unpaired) electrons. The first-order valence-corrected chi connectivity index (χ1v) is 5.90. The number of urea groups is 1. The molecule has 0 aliphatic carbocycles. The van der Waals surface area contributed by atoms with Gasteiger partial charge in [0.25, 0.3) is 5.91 Å². The summed E-state index contributed by atoms with van der Waals surface area (Å²) >= 11 is 0. The molecule has 0 saturated carbocycles. The van der Waals surface area contributed by atoms with E-state index in [0.717, 1.165) is 4.90 Å². The van der Waals surface area contributed by atoms with Gasteiger partial charge in [0.15, 0.2) is 0 Å². The van der Waals surface area contributed by atoms with Crippen molar-refractivity contribution in [3.05, 3.63) is 0 Å². The summed E-state index contributed by atoms with van der Waals surface area (Å²) in [6.07, 6.45) is 0. The Balaban J connectivity index is 3.05. The number of piperazine rings is 1. The highest BCUT2D eigenvalue weighted by Crippen LogP contribution is 2.20. The number of nitrogens with one attached hydrogen (secondary N) is 1. The van der Waals surface area contributed by atoms with Gasteiger partial charge in [-0.15, -0.1) is 0 Å². The maximum Gasteiger partial charge on any atom is 0.323 e. The van der Waals surface area contributed by atoms with Gasteiger partial charge in [0.1, 0.15) is 25.2 Å². The molecule has 3 N–H and O–H groups in total. The number of aliphatic carboxylic acids is 2. The average Bonchev–Trinajstić information content (AvgIpc) is 2.31. The third kappa shape index (κ3) is 3.68. The molecule has 0 aromatic carbocycles. The molecule has 1 aliphatic rings. The number of carbonyl (C=O) groups excluding carboxylic acids is 3. The summed E-state index contributed by atoms with van der Waals surface area (Å²) in [5, 5.41) is 19.5. The van der Waals surface area contributed by atoms with Gasteiger partial charge in [0, 0.05) is 0 Å². The molecule has 0 spiro atoms. The molecule has 21 heavy (non-hydrogen) atoms. The molecule has 10 nitrogen and oxygen atoms in total. The van der Waals surface area contributed by atoms with Gasteiger partial charge >= 0.3 is 18.0 Å². The molecule has 1 rings (SSSR count). The second-order valence-electron chi connectivity index (χ2n) is 4.95. The number of imide groups is 1. The summed E-state index contributed by atoms with van der Waals surface area (Å²) in [5.74, 6) is -4.26. The van der Waals surface area contributed by atoms with Crippen LogP contribution in [0.5, 0.6) is 0 Å². The molecule has 0 unspecified atom stereocenters. The van der Waals surface area contributed by atoms with Gasteiger partial charge in [-0.1, -0.05) is 0 Å². The number of rotatable bonds is 4. The predicted molar refractivity (Wildman–Crippen MR) is 66.2 cm³/mol. The predicted octanol–water partition coefficient (Wildman–Crippen LogP) is -1.69. The zero-order chi connectivity index (χ0) is 16.4. The van der Waals surface area contributed by atoms with Gasteiger partial charge in [-0.2, -0.15) is 0 Å². The van der Waals surface area contributed by atoms with Gasteiger partial charge in [-0.3, -0.25) is 24.5 Å². The zero-order valence-electron chi connectivity index (χ0n) is 11.5. The van der Waals surface area contributed by atoms with Crippen molar-refractivity contribution in [3.8, 4) is 0 Å². The lowest BCUT2D eigenvalue weighted by atomic mass is 9.99. The van der Waals surface area contributed by atoms with E-state index in [4.69, 9.17) is 10.2 Å². The standard InChI is InChI=1S/C11H15N3O7/c1-11(2)9(20)12-6(15)3-14(11)10(21)13(4-7(16)17)5-8(18)19/h3-5H2,1-2H3,(H,16,17)(H,18,19)(H,12,15,20).